The second-order valence-corrected chi connectivity index (χ2v) is 7.18. The Labute approximate surface area is 123 Å². The Balaban J connectivity index is 2.71. The zero-order valence-corrected chi connectivity index (χ0v) is 14.2. The van der Waals surface area contributed by atoms with Gasteiger partial charge < -0.3 is 4.74 Å². The van der Waals surface area contributed by atoms with Crippen LogP contribution in [0, 0.1) is 0 Å². The van der Waals surface area contributed by atoms with Gasteiger partial charge in [-0.05, 0) is 67.2 Å². The summed E-state index contributed by atoms with van der Waals surface area (Å²) in [5, 5.41) is 2.01. The van der Waals surface area contributed by atoms with Crippen LogP contribution in [-0.2, 0) is 14.4 Å². The molecule has 1 saturated heterocycles. The number of nitrogens with zero attached hydrogens (tertiary/aromatic N) is 1. The Hall–Kier alpha value is -0.610. The third-order valence-corrected chi connectivity index (χ3v) is 4.16. The predicted octanol–water partition coefficient (Wildman–Crippen LogP) is 3.69. The Morgan fingerprint density at radius 3 is 2.10 bits per heavy atom. The fourth-order valence-electron chi connectivity index (χ4n) is 2.84. The fraction of sp³-hybridized carbons (Fsp3) is 0.938. The number of ether oxygens (including phenoxy) is 1. The molecule has 1 heterocycles. The molecule has 4 nitrogen and oxygen atoms in total. The molecule has 0 amide bonds. The van der Waals surface area contributed by atoms with Crippen molar-refractivity contribution in [3.8, 4) is 0 Å². The van der Waals surface area contributed by atoms with E-state index in [9.17, 15) is 4.79 Å². The van der Waals surface area contributed by atoms with Gasteiger partial charge in [0.1, 0.15) is 0 Å². The highest BCUT2D eigenvalue weighted by molar-refractivity contribution is 5.74. The molecule has 0 N–H and O–H groups in total. The van der Waals surface area contributed by atoms with E-state index in [1.54, 1.807) is 6.92 Å². The van der Waals surface area contributed by atoms with Crippen molar-refractivity contribution < 1.29 is 14.4 Å². The van der Waals surface area contributed by atoms with E-state index in [1.807, 2.05) is 18.9 Å². The van der Waals surface area contributed by atoms with Gasteiger partial charge in [0.05, 0.1) is 6.10 Å². The number of carbonyl (C=O) groups is 1. The summed E-state index contributed by atoms with van der Waals surface area (Å²) in [6.45, 7) is 14.3. The minimum Gasteiger partial charge on any atom is -0.461 e. The molecule has 1 aliphatic heterocycles. The lowest BCUT2D eigenvalue weighted by Gasteiger charge is -2.51. The lowest BCUT2D eigenvalue weighted by Crippen LogP contribution is -2.59. The summed E-state index contributed by atoms with van der Waals surface area (Å²) < 4.78 is 5.35. The number of hydroxylamine groups is 2. The van der Waals surface area contributed by atoms with E-state index in [0.29, 0.717) is 0 Å². The molecule has 20 heavy (non-hydrogen) atoms. The van der Waals surface area contributed by atoms with Crippen LogP contribution in [0.25, 0.3) is 0 Å². The molecule has 4 heteroatoms. The zero-order valence-electron chi connectivity index (χ0n) is 14.2. The monoisotopic (exact) mass is 285 g/mol. The number of carbonyl (C=O) groups excluding carboxylic acids is 1. The van der Waals surface area contributed by atoms with Crippen LogP contribution in [0.1, 0.15) is 74.1 Å². The van der Waals surface area contributed by atoms with Gasteiger partial charge in [0, 0.05) is 11.1 Å². The summed E-state index contributed by atoms with van der Waals surface area (Å²) in [5.74, 6) is -0.281. The first-order chi connectivity index (χ1) is 9.10. The SMILES string of the molecule is CCC(C)OC(=O)C(C)ON1C(C)(C)CCCC1(C)C. The van der Waals surface area contributed by atoms with Crippen molar-refractivity contribution >= 4 is 5.97 Å². The Morgan fingerprint density at radius 2 is 1.65 bits per heavy atom. The maximum absolute atomic E-state index is 12.0. The molecule has 0 aromatic rings. The molecule has 118 valence electrons. The average Bonchev–Trinajstić information content (AvgIpc) is 2.32. The number of piperidine rings is 1. The van der Waals surface area contributed by atoms with E-state index in [0.717, 1.165) is 19.3 Å². The minimum absolute atomic E-state index is 0.0593. The molecule has 1 aliphatic rings. The summed E-state index contributed by atoms with van der Waals surface area (Å²) in [5.41, 5.74) is -0.126. The highest BCUT2D eigenvalue weighted by Crippen LogP contribution is 2.38. The smallest absolute Gasteiger partial charge is 0.337 e. The average molecular weight is 285 g/mol. The molecular weight excluding hydrogens is 254 g/mol. The molecule has 0 spiro atoms. The van der Waals surface area contributed by atoms with Crippen molar-refractivity contribution in [2.24, 2.45) is 0 Å². The summed E-state index contributed by atoms with van der Waals surface area (Å²) in [6.07, 6.45) is 3.52. The molecule has 0 saturated carbocycles. The van der Waals surface area contributed by atoms with Crippen molar-refractivity contribution in [2.75, 3.05) is 0 Å². The van der Waals surface area contributed by atoms with Gasteiger partial charge in [-0.3, -0.25) is 4.84 Å². The molecule has 0 aromatic heterocycles. The third kappa shape index (κ3) is 4.19. The van der Waals surface area contributed by atoms with Crippen LogP contribution >= 0.6 is 0 Å². The highest BCUT2D eigenvalue weighted by atomic mass is 16.7. The normalized spacial score (nSPS) is 24.9. The third-order valence-electron chi connectivity index (χ3n) is 4.16. The van der Waals surface area contributed by atoms with E-state index in [4.69, 9.17) is 9.57 Å². The van der Waals surface area contributed by atoms with E-state index in [1.165, 1.54) is 6.42 Å². The van der Waals surface area contributed by atoms with Crippen LogP contribution in [0.15, 0.2) is 0 Å². The standard InChI is InChI=1S/C16H31NO3/c1-8-12(2)19-14(18)13(3)20-17-15(4,5)10-9-11-16(17,6)7/h12-13H,8-11H2,1-7H3. The van der Waals surface area contributed by atoms with E-state index in [-0.39, 0.29) is 23.2 Å². The quantitative estimate of drug-likeness (QED) is 0.722. The minimum atomic E-state index is -0.569. The summed E-state index contributed by atoms with van der Waals surface area (Å²) >= 11 is 0. The molecule has 0 radical (unpaired) electrons. The van der Waals surface area contributed by atoms with Gasteiger partial charge >= 0.3 is 5.97 Å². The number of esters is 1. The molecular formula is C16H31NO3. The van der Waals surface area contributed by atoms with Crippen molar-refractivity contribution in [3.63, 3.8) is 0 Å². The van der Waals surface area contributed by atoms with E-state index < -0.39 is 6.10 Å². The second-order valence-electron chi connectivity index (χ2n) is 7.18. The Kier molecular flexibility index (Phi) is 5.61. The van der Waals surface area contributed by atoms with Crippen LogP contribution in [0.4, 0.5) is 0 Å². The van der Waals surface area contributed by atoms with Crippen LogP contribution in [0.3, 0.4) is 0 Å². The summed E-state index contributed by atoms with van der Waals surface area (Å²) in [7, 11) is 0. The Bertz CT molecular complexity index is 323. The van der Waals surface area contributed by atoms with Gasteiger partial charge in [0.15, 0.2) is 6.10 Å². The molecule has 2 atom stereocenters. The molecule has 2 unspecified atom stereocenters. The van der Waals surface area contributed by atoms with Crippen molar-refractivity contribution in [3.05, 3.63) is 0 Å². The first-order valence-electron chi connectivity index (χ1n) is 7.78. The van der Waals surface area contributed by atoms with Crippen LogP contribution in [0.2, 0.25) is 0 Å². The van der Waals surface area contributed by atoms with Crippen molar-refractivity contribution in [1.82, 2.24) is 5.06 Å². The molecule has 0 aliphatic carbocycles. The van der Waals surface area contributed by atoms with Crippen LogP contribution < -0.4 is 0 Å². The van der Waals surface area contributed by atoms with Gasteiger partial charge in [-0.25, -0.2) is 4.79 Å². The van der Waals surface area contributed by atoms with Gasteiger partial charge in [0.2, 0.25) is 0 Å². The first-order valence-corrected chi connectivity index (χ1v) is 7.78. The maximum Gasteiger partial charge on any atom is 0.337 e. The number of hydrogen-bond acceptors (Lipinski definition) is 4. The van der Waals surface area contributed by atoms with Crippen LogP contribution in [-0.4, -0.2) is 34.3 Å². The lowest BCUT2D eigenvalue weighted by molar-refractivity contribution is -0.300. The molecule has 1 fully saturated rings. The second kappa shape index (κ2) is 6.44. The van der Waals surface area contributed by atoms with Gasteiger partial charge in [-0.1, -0.05) is 6.92 Å². The number of rotatable bonds is 5. The van der Waals surface area contributed by atoms with Gasteiger partial charge in [-0.15, -0.1) is 0 Å². The zero-order chi connectivity index (χ0) is 15.6. The van der Waals surface area contributed by atoms with Gasteiger partial charge in [-0.2, -0.15) is 5.06 Å². The van der Waals surface area contributed by atoms with Crippen molar-refractivity contribution in [1.29, 1.82) is 0 Å². The predicted molar refractivity (Wildman–Crippen MR) is 80.2 cm³/mol. The van der Waals surface area contributed by atoms with E-state index >= 15 is 0 Å². The topological polar surface area (TPSA) is 38.8 Å². The molecule has 0 aromatic carbocycles. The summed E-state index contributed by atoms with van der Waals surface area (Å²) in [4.78, 5) is 18.0. The fourth-order valence-corrected chi connectivity index (χ4v) is 2.84. The molecule has 0 bridgehead atoms. The first kappa shape index (κ1) is 17.4. The van der Waals surface area contributed by atoms with Crippen molar-refractivity contribution in [2.45, 2.75) is 97.4 Å². The Morgan fingerprint density at radius 1 is 1.15 bits per heavy atom. The van der Waals surface area contributed by atoms with Crippen LogP contribution in [0.5, 0.6) is 0 Å². The molecule has 1 rings (SSSR count). The highest BCUT2D eigenvalue weighted by Gasteiger charge is 2.44. The maximum atomic E-state index is 12.0. The lowest BCUT2D eigenvalue weighted by atomic mass is 9.82. The van der Waals surface area contributed by atoms with Gasteiger partial charge in [0.25, 0.3) is 0 Å². The largest absolute Gasteiger partial charge is 0.461 e. The number of hydrogen-bond donors (Lipinski definition) is 0. The van der Waals surface area contributed by atoms with E-state index in [2.05, 4.69) is 27.7 Å². The summed E-state index contributed by atoms with van der Waals surface area (Å²) in [6, 6.07) is 0.